The molecule has 0 unspecified atom stereocenters. The molecule has 12 heteroatoms. The number of nitro groups is 1. The van der Waals surface area contributed by atoms with E-state index in [1.54, 1.807) is 5.01 Å². The number of aromatic hydroxyl groups is 1. The average Bonchev–Trinajstić information content (AvgIpc) is 3.03. The van der Waals surface area contributed by atoms with E-state index in [0.29, 0.717) is 43.1 Å². The van der Waals surface area contributed by atoms with Crippen molar-refractivity contribution in [3.8, 4) is 5.75 Å². The smallest absolute Gasteiger partial charge is 0.310 e. The van der Waals surface area contributed by atoms with Crippen LogP contribution in [0.5, 0.6) is 5.75 Å². The van der Waals surface area contributed by atoms with Crippen LogP contribution < -0.4 is 10.1 Å². The number of phenolic OH excluding ortho intramolecular Hbond substituents is 1. The number of phenols is 1. The topological polar surface area (TPSA) is 151 Å². The standard InChI is InChI=1S/C19H18N4O7S/c24-18-10-12(1-4-17(18)23(26)27)9-15-14-11-13(2-3-16(14)20-19(15)25)31(28,29)21-22-5-7-30-8-6-22/h1-4,9-11,21,24H,5-8H2,(H,20,25). The number of carbonyl (C=O) groups excluding carboxylic acids is 1. The summed E-state index contributed by atoms with van der Waals surface area (Å²) >= 11 is 0. The number of hydrazine groups is 1. The highest BCUT2D eigenvalue weighted by atomic mass is 32.2. The number of anilines is 1. The minimum atomic E-state index is -3.88. The lowest BCUT2D eigenvalue weighted by Crippen LogP contribution is -2.48. The van der Waals surface area contributed by atoms with Gasteiger partial charge in [-0.15, -0.1) is 4.83 Å². The van der Waals surface area contributed by atoms with Crippen molar-refractivity contribution in [1.29, 1.82) is 0 Å². The minimum absolute atomic E-state index is 0.0216. The monoisotopic (exact) mass is 446 g/mol. The Morgan fingerprint density at radius 3 is 2.61 bits per heavy atom. The zero-order valence-electron chi connectivity index (χ0n) is 16.1. The second kappa shape index (κ2) is 8.07. The zero-order valence-corrected chi connectivity index (χ0v) is 16.9. The number of morpholine rings is 1. The summed E-state index contributed by atoms with van der Waals surface area (Å²) in [7, 11) is -3.88. The van der Waals surface area contributed by atoms with E-state index in [4.69, 9.17) is 4.74 Å². The van der Waals surface area contributed by atoms with Gasteiger partial charge in [-0.3, -0.25) is 14.9 Å². The van der Waals surface area contributed by atoms with Gasteiger partial charge in [0.1, 0.15) is 0 Å². The second-order valence-corrected chi connectivity index (χ2v) is 8.58. The Morgan fingerprint density at radius 1 is 1.19 bits per heavy atom. The number of hydrogen-bond donors (Lipinski definition) is 3. The fraction of sp³-hybridized carbons (Fsp3) is 0.211. The molecule has 0 bridgehead atoms. The van der Waals surface area contributed by atoms with Crippen molar-refractivity contribution < 1.29 is 28.0 Å². The molecule has 162 valence electrons. The van der Waals surface area contributed by atoms with Crippen LogP contribution in [0.15, 0.2) is 41.3 Å². The first-order valence-corrected chi connectivity index (χ1v) is 10.7. The third kappa shape index (κ3) is 4.27. The zero-order chi connectivity index (χ0) is 22.2. The Labute approximate surface area is 177 Å². The van der Waals surface area contributed by atoms with Gasteiger partial charge < -0.3 is 15.2 Å². The lowest BCUT2D eigenvalue weighted by atomic mass is 10.0. The maximum absolute atomic E-state index is 12.8. The highest BCUT2D eigenvalue weighted by Gasteiger charge is 2.28. The van der Waals surface area contributed by atoms with E-state index in [0.717, 1.165) is 12.1 Å². The average molecular weight is 446 g/mol. The molecule has 0 aliphatic carbocycles. The molecule has 2 aliphatic rings. The van der Waals surface area contributed by atoms with Crippen LogP contribution in [0, 0.1) is 10.1 Å². The van der Waals surface area contributed by atoms with Gasteiger partial charge in [-0.05, 0) is 42.0 Å². The summed E-state index contributed by atoms with van der Waals surface area (Å²) in [4.78, 5) is 25.1. The molecule has 2 heterocycles. The third-order valence-electron chi connectivity index (χ3n) is 4.85. The molecule has 31 heavy (non-hydrogen) atoms. The van der Waals surface area contributed by atoms with Crippen molar-refractivity contribution >= 4 is 39.0 Å². The van der Waals surface area contributed by atoms with Crippen LogP contribution in [0.3, 0.4) is 0 Å². The lowest BCUT2D eigenvalue weighted by molar-refractivity contribution is -0.385. The second-order valence-electron chi connectivity index (χ2n) is 6.92. The number of hydrogen-bond acceptors (Lipinski definition) is 8. The first-order valence-electron chi connectivity index (χ1n) is 9.24. The number of benzene rings is 2. The Morgan fingerprint density at radius 2 is 1.94 bits per heavy atom. The van der Waals surface area contributed by atoms with Crippen molar-refractivity contribution in [2.75, 3.05) is 31.6 Å². The van der Waals surface area contributed by atoms with Gasteiger partial charge in [-0.1, -0.05) is 0 Å². The molecule has 0 spiro atoms. The van der Waals surface area contributed by atoms with E-state index in [9.17, 15) is 28.4 Å². The number of nitrogens with one attached hydrogen (secondary N) is 2. The number of nitro benzene ring substituents is 1. The van der Waals surface area contributed by atoms with Gasteiger partial charge in [0.2, 0.25) is 0 Å². The summed E-state index contributed by atoms with van der Waals surface area (Å²) in [6.45, 7) is 1.66. The number of ether oxygens (including phenoxy) is 1. The Kier molecular flexibility index (Phi) is 5.45. The molecule has 0 aromatic heterocycles. The number of nitrogens with zero attached hydrogens (tertiary/aromatic N) is 2. The molecule has 2 aromatic rings. The van der Waals surface area contributed by atoms with Crippen LogP contribution in [0.25, 0.3) is 11.6 Å². The van der Waals surface area contributed by atoms with E-state index in [2.05, 4.69) is 10.1 Å². The Hall–Kier alpha value is -3.32. The van der Waals surface area contributed by atoms with E-state index >= 15 is 0 Å². The molecule has 2 aliphatic heterocycles. The van der Waals surface area contributed by atoms with E-state index in [-0.39, 0.29) is 10.5 Å². The summed E-state index contributed by atoms with van der Waals surface area (Å²) in [6.07, 6.45) is 1.43. The summed E-state index contributed by atoms with van der Waals surface area (Å²) in [5.41, 5.74) is 0.869. The minimum Gasteiger partial charge on any atom is -0.502 e. The van der Waals surface area contributed by atoms with Crippen LogP contribution in [0.4, 0.5) is 11.4 Å². The summed E-state index contributed by atoms with van der Waals surface area (Å²) in [5.74, 6) is -0.993. The SMILES string of the molecule is O=C1Nc2ccc(S(=O)(=O)NN3CCOCC3)cc2C1=Cc1ccc([N+](=O)[O-])c(O)c1. The van der Waals surface area contributed by atoms with Gasteiger partial charge in [-0.2, -0.15) is 0 Å². The molecule has 11 nitrogen and oxygen atoms in total. The molecule has 3 N–H and O–H groups in total. The van der Waals surface area contributed by atoms with Gasteiger partial charge in [0.15, 0.2) is 5.75 Å². The van der Waals surface area contributed by atoms with Gasteiger partial charge in [0, 0.05) is 36.0 Å². The van der Waals surface area contributed by atoms with E-state index in [1.807, 2.05) is 0 Å². The predicted molar refractivity (Wildman–Crippen MR) is 110 cm³/mol. The van der Waals surface area contributed by atoms with Gasteiger partial charge in [0.05, 0.1) is 23.0 Å². The number of rotatable bonds is 5. The summed E-state index contributed by atoms with van der Waals surface area (Å²) in [5, 5.41) is 24.9. The molecule has 0 radical (unpaired) electrons. The maximum Gasteiger partial charge on any atom is 0.310 e. The number of sulfonamides is 1. The Bertz CT molecular complexity index is 1200. The third-order valence-corrected chi connectivity index (χ3v) is 6.22. The normalized spacial score (nSPS) is 18.1. The molecule has 2 aromatic carbocycles. The summed E-state index contributed by atoms with van der Waals surface area (Å²) < 4.78 is 30.8. The van der Waals surface area contributed by atoms with Crippen LogP contribution in [0.2, 0.25) is 0 Å². The quantitative estimate of drug-likeness (QED) is 0.353. The van der Waals surface area contributed by atoms with Crippen LogP contribution >= 0.6 is 0 Å². The van der Waals surface area contributed by atoms with Gasteiger partial charge >= 0.3 is 5.69 Å². The van der Waals surface area contributed by atoms with Gasteiger partial charge in [-0.25, -0.2) is 13.4 Å². The molecule has 4 rings (SSSR count). The van der Waals surface area contributed by atoms with Crippen molar-refractivity contribution in [2.45, 2.75) is 4.90 Å². The fourth-order valence-corrected chi connectivity index (χ4v) is 4.45. The Balaban J connectivity index is 1.67. The molecule has 1 fully saturated rings. The molecule has 1 saturated heterocycles. The van der Waals surface area contributed by atoms with Crippen molar-refractivity contribution in [3.05, 3.63) is 57.6 Å². The van der Waals surface area contributed by atoms with Crippen LogP contribution in [-0.2, 0) is 19.6 Å². The maximum atomic E-state index is 12.8. The van der Waals surface area contributed by atoms with Crippen molar-refractivity contribution in [2.24, 2.45) is 0 Å². The first-order chi connectivity index (χ1) is 14.7. The molecule has 0 atom stereocenters. The highest BCUT2D eigenvalue weighted by Crippen LogP contribution is 2.36. The predicted octanol–water partition coefficient (Wildman–Crippen LogP) is 1.32. The fourth-order valence-electron chi connectivity index (χ4n) is 3.31. The summed E-state index contributed by atoms with van der Waals surface area (Å²) in [6, 6.07) is 7.95. The van der Waals surface area contributed by atoms with Crippen LogP contribution in [-0.4, -0.2) is 55.7 Å². The first kappa shape index (κ1) is 20.9. The van der Waals surface area contributed by atoms with E-state index < -0.39 is 32.3 Å². The number of fused-ring (bicyclic) bond motifs is 1. The van der Waals surface area contributed by atoms with Crippen molar-refractivity contribution in [3.63, 3.8) is 0 Å². The van der Waals surface area contributed by atoms with Crippen molar-refractivity contribution in [1.82, 2.24) is 9.84 Å². The number of amides is 1. The molecule has 0 saturated carbocycles. The molecule has 1 amide bonds. The molecular weight excluding hydrogens is 428 g/mol. The highest BCUT2D eigenvalue weighted by molar-refractivity contribution is 7.89. The molecular formula is C19H18N4O7S. The largest absolute Gasteiger partial charge is 0.502 e. The lowest BCUT2D eigenvalue weighted by Gasteiger charge is -2.26. The number of carbonyl (C=O) groups is 1. The van der Waals surface area contributed by atoms with E-state index in [1.165, 1.54) is 30.3 Å². The van der Waals surface area contributed by atoms with Crippen LogP contribution in [0.1, 0.15) is 11.1 Å². The van der Waals surface area contributed by atoms with Gasteiger partial charge in [0.25, 0.3) is 15.9 Å².